The summed E-state index contributed by atoms with van der Waals surface area (Å²) in [6.07, 6.45) is 2.81. The number of anilines is 1. The van der Waals surface area contributed by atoms with Gasteiger partial charge in [0.1, 0.15) is 17.3 Å². The summed E-state index contributed by atoms with van der Waals surface area (Å²) >= 11 is 0. The molecule has 0 aliphatic carbocycles. The third-order valence-corrected chi connectivity index (χ3v) is 3.77. The molecule has 0 radical (unpaired) electrons. The molecule has 4 heteroatoms. The van der Waals surface area contributed by atoms with E-state index in [0.717, 1.165) is 19.3 Å². The van der Waals surface area contributed by atoms with Crippen LogP contribution in [0.5, 0.6) is 0 Å². The lowest BCUT2D eigenvalue weighted by Crippen LogP contribution is -2.35. The first kappa shape index (κ1) is 13.3. The number of aliphatic hydroxyl groups is 1. The SMILES string of the molecule is CCC1CCC(C)N1c1c(F)cc(CO)cc1F. The Morgan fingerprint density at radius 3 is 2.39 bits per heavy atom. The number of benzene rings is 1. The van der Waals surface area contributed by atoms with Crippen LogP contribution in [0.15, 0.2) is 12.1 Å². The summed E-state index contributed by atoms with van der Waals surface area (Å²) in [5, 5.41) is 8.95. The molecule has 1 fully saturated rings. The molecule has 100 valence electrons. The van der Waals surface area contributed by atoms with Gasteiger partial charge in [0.2, 0.25) is 0 Å². The number of nitrogens with zero attached hydrogens (tertiary/aromatic N) is 1. The molecule has 1 aromatic carbocycles. The average Bonchev–Trinajstić information content (AvgIpc) is 2.70. The van der Waals surface area contributed by atoms with Gasteiger partial charge in [0.05, 0.1) is 6.61 Å². The summed E-state index contributed by atoms with van der Waals surface area (Å²) < 4.78 is 28.1. The molecule has 2 atom stereocenters. The maximum absolute atomic E-state index is 14.0. The number of rotatable bonds is 3. The zero-order valence-electron chi connectivity index (χ0n) is 10.8. The second-order valence-corrected chi connectivity index (χ2v) is 4.96. The Labute approximate surface area is 106 Å². The fourth-order valence-corrected chi connectivity index (χ4v) is 2.83. The van der Waals surface area contributed by atoms with Crippen LogP contribution in [0.3, 0.4) is 0 Å². The molecule has 1 aliphatic heterocycles. The molecule has 1 N–H and O–H groups in total. The van der Waals surface area contributed by atoms with E-state index in [2.05, 4.69) is 0 Å². The molecule has 2 unspecified atom stereocenters. The summed E-state index contributed by atoms with van der Waals surface area (Å²) in [4.78, 5) is 1.85. The van der Waals surface area contributed by atoms with Gasteiger partial charge in [-0.15, -0.1) is 0 Å². The predicted octanol–water partition coefficient (Wildman–Crippen LogP) is 3.22. The first-order valence-electron chi connectivity index (χ1n) is 6.45. The highest BCUT2D eigenvalue weighted by Crippen LogP contribution is 2.35. The number of halogens is 2. The van der Waals surface area contributed by atoms with E-state index in [1.165, 1.54) is 12.1 Å². The molecule has 0 bridgehead atoms. The normalized spacial score (nSPS) is 23.7. The summed E-state index contributed by atoms with van der Waals surface area (Å²) in [5.74, 6) is -1.16. The predicted molar refractivity (Wildman–Crippen MR) is 67.5 cm³/mol. The smallest absolute Gasteiger partial charge is 0.149 e. The van der Waals surface area contributed by atoms with Gasteiger partial charge in [-0.3, -0.25) is 0 Å². The molecule has 18 heavy (non-hydrogen) atoms. The van der Waals surface area contributed by atoms with E-state index in [4.69, 9.17) is 5.11 Å². The third-order valence-electron chi connectivity index (χ3n) is 3.77. The van der Waals surface area contributed by atoms with E-state index in [-0.39, 0.29) is 29.9 Å². The monoisotopic (exact) mass is 255 g/mol. The molecular formula is C14H19F2NO. The van der Waals surface area contributed by atoms with Crippen molar-refractivity contribution in [2.75, 3.05) is 4.90 Å². The van der Waals surface area contributed by atoms with Crippen LogP contribution in [-0.4, -0.2) is 17.2 Å². The molecular weight excluding hydrogens is 236 g/mol. The fraction of sp³-hybridized carbons (Fsp3) is 0.571. The van der Waals surface area contributed by atoms with Gasteiger partial charge in [-0.1, -0.05) is 6.92 Å². The van der Waals surface area contributed by atoms with Gasteiger partial charge in [0.15, 0.2) is 0 Å². The van der Waals surface area contributed by atoms with Crippen molar-refractivity contribution in [3.05, 3.63) is 29.3 Å². The highest BCUT2D eigenvalue weighted by Gasteiger charge is 2.33. The van der Waals surface area contributed by atoms with Crippen LogP contribution in [0.2, 0.25) is 0 Å². The zero-order valence-corrected chi connectivity index (χ0v) is 10.8. The molecule has 0 amide bonds. The lowest BCUT2D eigenvalue weighted by atomic mass is 10.1. The van der Waals surface area contributed by atoms with Crippen molar-refractivity contribution in [2.24, 2.45) is 0 Å². The van der Waals surface area contributed by atoms with Crippen LogP contribution in [0.4, 0.5) is 14.5 Å². The number of hydrogen-bond donors (Lipinski definition) is 1. The Morgan fingerprint density at radius 2 is 1.89 bits per heavy atom. The van der Waals surface area contributed by atoms with Crippen molar-refractivity contribution in [3.63, 3.8) is 0 Å². The molecule has 1 heterocycles. The van der Waals surface area contributed by atoms with Gasteiger partial charge < -0.3 is 10.0 Å². The maximum atomic E-state index is 14.0. The molecule has 1 aliphatic rings. The van der Waals surface area contributed by atoms with E-state index < -0.39 is 11.6 Å². The molecule has 0 saturated carbocycles. The second-order valence-electron chi connectivity index (χ2n) is 4.96. The maximum Gasteiger partial charge on any atom is 0.149 e. The van der Waals surface area contributed by atoms with Crippen LogP contribution in [0, 0.1) is 11.6 Å². The highest BCUT2D eigenvalue weighted by atomic mass is 19.1. The van der Waals surface area contributed by atoms with E-state index in [1.807, 2.05) is 18.7 Å². The van der Waals surface area contributed by atoms with Crippen molar-refractivity contribution >= 4 is 5.69 Å². The van der Waals surface area contributed by atoms with Crippen LogP contribution in [0.25, 0.3) is 0 Å². The van der Waals surface area contributed by atoms with E-state index in [9.17, 15) is 8.78 Å². The van der Waals surface area contributed by atoms with Gasteiger partial charge in [-0.2, -0.15) is 0 Å². The summed E-state index contributed by atoms with van der Waals surface area (Å²) in [6.45, 7) is 3.68. The van der Waals surface area contributed by atoms with Gasteiger partial charge in [-0.25, -0.2) is 8.78 Å². The van der Waals surface area contributed by atoms with Crippen LogP contribution < -0.4 is 4.90 Å². The Kier molecular flexibility index (Phi) is 3.85. The minimum Gasteiger partial charge on any atom is -0.392 e. The zero-order chi connectivity index (χ0) is 13.3. The highest BCUT2D eigenvalue weighted by molar-refractivity contribution is 5.53. The van der Waals surface area contributed by atoms with Gasteiger partial charge >= 0.3 is 0 Å². The molecule has 0 spiro atoms. The lowest BCUT2D eigenvalue weighted by molar-refractivity contribution is 0.280. The first-order chi connectivity index (χ1) is 8.58. The van der Waals surface area contributed by atoms with Crippen molar-refractivity contribution in [2.45, 2.75) is 51.8 Å². The van der Waals surface area contributed by atoms with Crippen molar-refractivity contribution in [3.8, 4) is 0 Å². The minimum atomic E-state index is -0.578. The van der Waals surface area contributed by atoms with Crippen molar-refractivity contribution in [1.29, 1.82) is 0 Å². The van der Waals surface area contributed by atoms with Gasteiger partial charge in [-0.05, 0) is 43.9 Å². The first-order valence-corrected chi connectivity index (χ1v) is 6.45. The third kappa shape index (κ3) is 2.21. The number of aliphatic hydroxyl groups excluding tert-OH is 1. The van der Waals surface area contributed by atoms with Crippen molar-refractivity contribution < 1.29 is 13.9 Å². The van der Waals surface area contributed by atoms with Crippen LogP contribution >= 0.6 is 0 Å². The summed E-state index contributed by atoms with van der Waals surface area (Å²) in [7, 11) is 0. The quantitative estimate of drug-likeness (QED) is 0.896. The van der Waals surface area contributed by atoms with Crippen LogP contribution in [-0.2, 0) is 6.61 Å². The molecule has 0 aromatic heterocycles. The fourth-order valence-electron chi connectivity index (χ4n) is 2.83. The van der Waals surface area contributed by atoms with E-state index in [1.54, 1.807) is 0 Å². The van der Waals surface area contributed by atoms with Gasteiger partial charge in [0, 0.05) is 12.1 Å². The summed E-state index contributed by atoms with van der Waals surface area (Å²) in [6, 6.07) is 2.79. The van der Waals surface area contributed by atoms with Crippen molar-refractivity contribution in [1.82, 2.24) is 0 Å². The lowest BCUT2D eigenvalue weighted by Gasteiger charge is -2.31. The molecule has 2 nitrogen and oxygen atoms in total. The summed E-state index contributed by atoms with van der Waals surface area (Å²) in [5.41, 5.74) is 0.331. The van der Waals surface area contributed by atoms with Crippen LogP contribution in [0.1, 0.15) is 38.7 Å². The Bertz CT molecular complexity index is 413. The van der Waals surface area contributed by atoms with E-state index >= 15 is 0 Å². The minimum absolute atomic E-state index is 0.0593. The molecule has 1 saturated heterocycles. The number of hydrogen-bond acceptors (Lipinski definition) is 2. The Morgan fingerprint density at radius 1 is 1.28 bits per heavy atom. The average molecular weight is 255 g/mol. The Hall–Kier alpha value is -1.16. The molecule has 2 rings (SSSR count). The van der Waals surface area contributed by atoms with Gasteiger partial charge in [0.25, 0.3) is 0 Å². The topological polar surface area (TPSA) is 23.5 Å². The molecule has 1 aromatic rings. The second kappa shape index (κ2) is 5.22. The largest absolute Gasteiger partial charge is 0.392 e. The Balaban J connectivity index is 2.43. The standard InChI is InChI=1S/C14H19F2NO/c1-3-11-5-4-9(2)17(11)14-12(15)6-10(8-18)7-13(14)16/h6-7,9,11,18H,3-5,8H2,1-2H3. The van der Waals surface area contributed by atoms with E-state index in [0.29, 0.717) is 0 Å².